The maximum absolute atomic E-state index is 12.8. The van der Waals surface area contributed by atoms with Crippen LogP contribution in [0.5, 0.6) is 0 Å². The Morgan fingerprint density at radius 1 is 0.966 bits per heavy atom. The molecule has 0 atom stereocenters. The fraction of sp³-hybridized carbons (Fsp3) is 0.261. The highest BCUT2D eigenvalue weighted by Crippen LogP contribution is 2.25. The summed E-state index contributed by atoms with van der Waals surface area (Å²) in [6.45, 7) is 8.28. The third-order valence-corrected chi connectivity index (χ3v) is 4.43. The van der Waals surface area contributed by atoms with Gasteiger partial charge in [0.05, 0.1) is 12.2 Å². The molecular formula is C23H26N4O2. The molecule has 0 aliphatic heterocycles. The average Bonchev–Trinajstić information content (AvgIpc) is 3.05. The Hall–Kier alpha value is -3.41. The predicted molar refractivity (Wildman–Crippen MR) is 115 cm³/mol. The molecule has 0 radical (unpaired) electrons. The molecule has 0 fully saturated rings. The standard InChI is InChI=1S/C23H26N4O2/c1-16(28)24-19-12-10-18(11-13-19)22(29)25-21-14-20(23(2,3)4)26-27(21)15-17-8-6-5-7-9-17/h5-14H,15H2,1-4H3,(H,24,28)(H,25,29). The van der Waals surface area contributed by atoms with Crippen LogP contribution in [0.25, 0.3) is 0 Å². The molecule has 6 heteroatoms. The quantitative estimate of drug-likeness (QED) is 0.676. The van der Waals surface area contributed by atoms with Crippen molar-refractivity contribution in [1.29, 1.82) is 0 Å². The van der Waals surface area contributed by atoms with E-state index in [4.69, 9.17) is 5.10 Å². The Morgan fingerprint density at radius 3 is 2.21 bits per heavy atom. The van der Waals surface area contributed by atoms with Gasteiger partial charge in [0.2, 0.25) is 5.91 Å². The van der Waals surface area contributed by atoms with Gasteiger partial charge in [0.1, 0.15) is 5.82 Å². The highest BCUT2D eigenvalue weighted by atomic mass is 16.2. The van der Waals surface area contributed by atoms with Crippen LogP contribution in [0.1, 0.15) is 49.3 Å². The molecule has 150 valence electrons. The summed E-state index contributed by atoms with van der Waals surface area (Å²) >= 11 is 0. The van der Waals surface area contributed by atoms with Gasteiger partial charge in [-0.15, -0.1) is 0 Å². The van der Waals surface area contributed by atoms with Crippen molar-refractivity contribution in [2.24, 2.45) is 0 Å². The van der Waals surface area contributed by atoms with E-state index in [1.165, 1.54) is 6.92 Å². The van der Waals surface area contributed by atoms with Crippen LogP contribution in [0, 0.1) is 0 Å². The molecule has 29 heavy (non-hydrogen) atoms. The van der Waals surface area contributed by atoms with Gasteiger partial charge in [-0.2, -0.15) is 5.10 Å². The number of aromatic nitrogens is 2. The lowest BCUT2D eigenvalue weighted by atomic mass is 9.92. The number of nitrogens with one attached hydrogen (secondary N) is 2. The van der Waals surface area contributed by atoms with Crippen LogP contribution in [0.15, 0.2) is 60.7 Å². The maximum Gasteiger partial charge on any atom is 0.256 e. The van der Waals surface area contributed by atoms with Crippen molar-refractivity contribution in [2.75, 3.05) is 10.6 Å². The van der Waals surface area contributed by atoms with Crippen molar-refractivity contribution < 1.29 is 9.59 Å². The van der Waals surface area contributed by atoms with Gasteiger partial charge < -0.3 is 10.6 Å². The summed E-state index contributed by atoms with van der Waals surface area (Å²) in [6.07, 6.45) is 0. The fourth-order valence-corrected chi connectivity index (χ4v) is 2.86. The zero-order valence-corrected chi connectivity index (χ0v) is 17.2. The number of anilines is 2. The predicted octanol–water partition coefficient (Wildman–Crippen LogP) is 4.44. The fourth-order valence-electron chi connectivity index (χ4n) is 2.86. The summed E-state index contributed by atoms with van der Waals surface area (Å²) in [6, 6.07) is 18.7. The minimum atomic E-state index is -0.228. The number of benzene rings is 2. The van der Waals surface area contributed by atoms with Gasteiger partial charge in [-0.25, -0.2) is 4.68 Å². The van der Waals surface area contributed by atoms with Gasteiger partial charge in [-0.1, -0.05) is 51.1 Å². The van der Waals surface area contributed by atoms with Crippen LogP contribution < -0.4 is 10.6 Å². The Balaban J connectivity index is 1.84. The van der Waals surface area contributed by atoms with Crippen molar-refractivity contribution >= 4 is 23.3 Å². The van der Waals surface area contributed by atoms with Crippen LogP contribution in [-0.2, 0) is 16.8 Å². The number of carbonyl (C=O) groups is 2. The Bertz CT molecular complexity index is 1000. The largest absolute Gasteiger partial charge is 0.326 e. The van der Waals surface area contributed by atoms with Crippen LogP contribution >= 0.6 is 0 Å². The van der Waals surface area contributed by atoms with E-state index in [0.717, 1.165) is 11.3 Å². The lowest BCUT2D eigenvalue weighted by molar-refractivity contribution is -0.114. The molecule has 0 saturated heterocycles. The van der Waals surface area contributed by atoms with E-state index in [2.05, 4.69) is 31.4 Å². The highest BCUT2D eigenvalue weighted by Gasteiger charge is 2.21. The molecule has 6 nitrogen and oxygen atoms in total. The number of hydrogen-bond acceptors (Lipinski definition) is 3. The van der Waals surface area contributed by atoms with Gasteiger partial charge >= 0.3 is 0 Å². The van der Waals surface area contributed by atoms with Crippen LogP contribution in [-0.4, -0.2) is 21.6 Å². The van der Waals surface area contributed by atoms with Crippen molar-refractivity contribution in [3.05, 3.63) is 77.5 Å². The summed E-state index contributed by atoms with van der Waals surface area (Å²) in [7, 11) is 0. The molecule has 0 aliphatic carbocycles. The summed E-state index contributed by atoms with van der Waals surface area (Å²) in [5, 5.41) is 10.4. The molecule has 2 aromatic carbocycles. The second-order valence-electron chi connectivity index (χ2n) is 8.02. The molecule has 0 bridgehead atoms. The number of rotatable bonds is 5. The second-order valence-corrected chi connectivity index (χ2v) is 8.02. The zero-order chi connectivity index (χ0) is 21.0. The number of nitrogens with zero attached hydrogens (tertiary/aromatic N) is 2. The second kappa shape index (κ2) is 8.31. The molecule has 1 heterocycles. The summed E-state index contributed by atoms with van der Waals surface area (Å²) in [5.41, 5.74) is 3.03. The topological polar surface area (TPSA) is 76.0 Å². The van der Waals surface area contributed by atoms with Crippen LogP contribution in [0.2, 0.25) is 0 Å². The molecule has 0 unspecified atom stereocenters. The Kier molecular flexibility index (Phi) is 5.82. The minimum Gasteiger partial charge on any atom is -0.326 e. The first-order valence-electron chi connectivity index (χ1n) is 9.53. The summed E-state index contributed by atoms with van der Waals surface area (Å²) in [4.78, 5) is 23.9. The molecule has 2 amide bonds. The van der Waals surface area contributed by atoms with Crippen molar-refractivity contribution in [1.82, 2.24) is 9.78 Å². The monoisotopic (exact) mass is 390 g/mol. The zero-order valence-electron chi connectivity index (χ0n) is 17.2. The number of carbonyl (C=O) groups excluding carboxylic acids is 2. The van der Waals surface area contributed by atoms with E-state index >= 15 is 0 Å². The summed E-state index contributed by atoms with van der Waals surface area (Å²) in [5.74, 6) is 0.269. The van der Waals surface area contributed by atoms with E-state index in [1.807, 2.05) is 41.1 Å². The van der Waals surface area contributed by atoms with Crippen LogP contribution in [0.4, 0.5) is 11.5 Å². The lowest BCUT2D eigenvalue weighted by Crippen LogP contribution is -2.16. The lowest BCUT2D eigenvalue weighted by Gasteiger charge is -2.14. The Morgan fingerprint density at radius 2 is 1.62 bits per heavy atom. The summed E-state index contributed by atoms with van der Waals surface area (Å²) < 4.78 is 1.82. The minimum absolute atomic E-state index is 0.137. The number of amides is 2. The van der Waals surface area contributed by atoms with Crippen molar-refractivity contribution in [2.45, 2.75) is 39.7 Å². The molecule has 1 aromatic heterocycles. The molecule has 3 rings (SSSR count). The molecule has 0 saturated carbocycles. The van der Waals surface area contributed by atoms with Crippen LogP contribution in [0.3, 0.4) is 0 Å². The van der Waals surface area contributed by atoms with E-state index < -0.39 is 0 Å². The smallest absolute Gasteiger partial charge is 0.256 e. The van der Waals surface area contributed by atoms with E-state index in [1.54, 1.807) is 24.3 Å². The van der Waals surface area contributed by atoms with Gasteiger partial charge in [0, 0.05) is 29.7 Å². The molecular weight excluding hydrogens is 364 g/mol. The van der Waals surface area contributed by atoms with E-state index in [0.29, 0.717) is 23.6 Å². The first kappa shape index (κ1) is 20.3. The first-order valence-corrected chi connectivity index (χ1v) is 9.53. The van der Waals surface area contributed by atoms with Gasteiger partial charge in [0.15, 0.2) is 0 Å². The molecule has 3 aromatic rings. The normalized spacial score (nSPS) is 11.2. The van der Waals surface area contributed by atoms with Crippen molar-refractivity contribution in [3.8, 4) is 0 Å². The van der Waals surface area contributed by atoms with Gasteiger partial charge in [-0.3, -0.25) is 9.59 Å². The molecule has 0 aliphatic rings. The van der Waals surface area contributed by atoms with Gasteiger partial charge in [-0.05, 0) is 29.8 Å². The molecule has 0 spiro atoms. The third kappa shape index (κ3) is 5.31. The number of hydrogen-bond donors (Lipinski definition) is 2. The van der Waals surface area contributed by atoms with E-state index in [9.17, 15) is 9.59 Å². The first-order chi connectivity index (χ1) is 13.7. The molecule has 2 N–H and O–H groups in total. The SMILES string of the molecule is CC(=O)Nc1ccc(C(=O)Nc2cc(C(C)(C)C)nn2Cc2ccccc2)cc1. The van der Waals surface area contributed by atoms with Crippen molar-refractivity contribution in [3.63, 3.8) is 0 Å². The highest BCUT2D eigenvalue weighted by molar-refractivity contribution is 6.04. The Labute approximate surface area is 170 Å². The average molecular weight is 390 g/mol. The third-order valence-electron chi connectivity index (χ3n) is 4.43. The van der Waals surface area contributed by atoms with Gasteiger partial charge in [0.25, 0.3) is 5.91 Å². The van der Waals surface area contributed by atoms with E-state index in [-0.39, 0.29) is 17.2 Å². The maximum atomic E-state index is 12.8.